The van der Waals surface area contributed by atoms with Crippen molar-refractivity contribution in [3.63, 3.8) is 0 Å². The second-order valence-corrected chi connectivity index (χ2v) is 2.85. The van der Waals surface area contributed by atoms with Gasteiger partial charge in [-0.3, -0.25) is 4.79 Å². The lowest BCUT2D eigenvalue weighted by molar-refractivity contribution is -0.141. The van der Waals surface area contributed by atoms with Gasteiger partial charge in [0.2, 0.25) is 0 Å². The molecule has 1 aliphatic heterocycles. The maximum atomic E-state index is 10.7. The first-order valence-corrected chi connectivity index (χ1v) is 3.80. The van der Waals surface area contributed by atoms with Gasteiger partial charge in [-0.2, -0.15) is 0 Å². The molecule has 4 nitrogen and oxygen atoms in total. The van der Waals surface area contributed by atoms with Crippen LogP contribution >= 0.6 is 12.6 Å². The van der Waals surface area contributed by atoms with Crippen molar-refractivity contribution in [3.8, 4) is 0 Å². The molecule has 0 aromatic carbocycles. The van der Waals surface area contributed by atoms with E-state index in [0.717, 1.165) is 6.42 Å². The van der Waals surface area contributed by atoms with E-state index < -0.39 is 17.3 Å². The summed E-state index contributed by atoms with van der Waals surface area (Å²) in [4.78, 5) is 22.4. The molecule has 0 bridgehead atoms. The SMILES string of the molecule is O=C(O)[C@@H]1CCCN1C(=O)S. The number of likely N-dealkylation sites (tertiary alicyclic amines) is 1. The van der Waals surface area contributed by atoms with Crippen LogP contribution in [0.3, 0.4) is 0 Å². The van der Waals surface area contributed by atoms with E-state index in [9.17, 15) is 9.59 Å². The van der Waals surface area contributed by atoms with E-state index in [1.807, 2.05) is 0 Å². The van der Waals surface area contributed by atoms with Gasteiger partial charge in [-0.25, -0.2) is 4.79 Å². The zero-order valence-corrected chi connectivity index (χ0v) is 6.75. The second-order valence-electron chi connectivity index (χ2n) is 2.47. The Balaban J connectivity index is 2.65. The summed E-state index contributed by atoms with van der Waals surface area (Å²) in [6.45, 7) is 0.513. The number of carboxylic acids is 1. The van der Waals surface area contributed by atoms with E-state index in [-0.39, 0.29) is 0 Å². The quantitative estimate of drug-likeness (QED) is 0.573. The van der Waals surface area contributed by atoms with Crippen LogP contribution in [0.2, 0.25) is 0 Å². The normalized spacial score (nSPS) is 23.7. The van der Waals surface area contributed by atoms with Crippen molar-refractivity contribution in [2.45, 2.75) is 18.9 Å². The van der Waals surface area contributed by atoms with Crippen LogP contribution in [0.15, 0.2) is 0 Å². The van der Waals surface area contributed by atoms with Gasteiger partial charge in [0.1, 0.15) is 6.04 Å². The molecule has 5 heteroatoms. The molecule has 1 N–H and O–H groups in total. The molecule has 0 unspecified atom stereocenters. The minimum atomic E-state index is -0.940. The molecule has 0 radical (unpaired) electrons. The van der Waals surface area contributed by atoms with Crippen LogP contribution in [-0.4, -0.2) is 33.8 Å². The molecule has 0 saturated carbocycles. The topological polar surface area (TPSA) is 57.6 Å². The van der Waals surface area contributed by atoms with Gasteiger partial charge in [0.05, 0.1) is 0 Å². The van der Waals surface area contributed by atoms with Gasteiger partial charge in [-0.1, -0.05) is 12.6 Å². The summed E-state index contributed by atoms with van der Waals surface area (Å²) < 4.78 is 0. The monoisotopic (exact) mass is 175 g/mol. The van der Waals surface area contributed by atoms with Crippen molar-refractivity contribution >= 4 is 23.8 Å². The van der Waals surface area contributed by atoms with E-state index >= 15 is 0 Å². The number of carboxylic acid groups (broad SMARTS) is 1. The van der Waals surface area contributed by atoms with E-state index in [2.05, 4.69) is 12.6 Å². The largest absolute Gasteiger partial charge is 0.480 e. The van der Waals surface area contributed by atoms with Crippen molar-refractivity contribution in [2.24, 2.45) is 0 Å². The van der Waals surface area contributed by atoms with Crippen molar-refractivity contribution < 1.29 is 14.7 Å². The molecule has 11 heavy (non-hydrogen) atoms. The van der Waals surface area contributed by atoms with Crippen LogP contribution in [0.1, 0.15) is 12.8 Å². The molecule has 1 amide bonds. The Kier molecular flexibility index (Phi) is 2.38. The summed E-state index contributed by atoms with van der Waals surface area (Å²) in [6, 6.07) is -0.653. The number of hydrogen-bond donors (Lipinski definition) is 2. The van der Waals surface area contributed by atoms with Gasteiger partial charge in [0.25, 0.3) is 5.24 Å². The zero-order valence-electron chi connectivity index (χ0n) is 5.86. The third-order valence-corrected chi connectivity index (χ3v) is 2.04. The lowest BCUT2D eigenvalue weighted by atomic mass is 10.2. The summed E-state index contributed by atoms with van der Waals surface area (Å²) in [7, 11) is 0. The van der Waals surface area contributed by atoms with Gasteiger partial charge in [-0.05, 0) is 12.8 Å². The summed E-state index contributed by atoms with van der Waals surface area (Å²) in [5.74, 6) is -0.940. The summed E-state index contributed by atoms with van der Waals surface area (Å²) in [5, 5.41) is 8.16. The fourth-order valence-electron chi connectivity index (χ4n) is 1.25. The van der Waals surface area contributed by atoms with E-state index in [1.54, 1.807) is 0 Å². The highest BCUT2D eigenvalue weighted by atomic mass is 32.1. The molecule has 1 rings (SSSR count). The summed E-state index contributed by atoms with van der Waals surface area (Å²) in [6.07, 6.45) is 1.30. The molecule has 0 aromatic heterocycles. The molecule has 1 fully saturated rings. The van der Waals surface area contributed by atoms with Crippen molar-refractivity contribution in [2.75, 3.05) is 6.54 Å². The predicted octanol–water partition coefficient (Wildman–Crippen LogP) is 0.585. The van der Waals surface area contributed by atoms with E-state index in [0.29, 0.717) is 13.0 Å². The van der Waals surface area contributed by atoms with Gasteiger partial charge in [-0.15, -0.1) is 0 Å². The molecule has 1 saturated heterocycles. The fourth-order valence-corrected chi connectivity index (χ4v) is 1.49. The highest BCUT2D eigenvalue weighted by Gasteiger charge is 2.32. The van der Waals surface area contributed by atoms with Crippen LogP contribution in [-0.2, 0) is 4.79 Å². The van der Waals surface area contributed by atoms with Crippen LogP contribution < -0.4 is 0 Å². The number of thiol groups is 1. The van der Waals surface area contributed by atoms with Crippen molar-refractivity contribution in [3.05, 3.63) is 0 Å². The zero-order chi connectivity index (χ0) is 8.43. The molecule has 0 aromatic rings. The van der Waals surface area contributed by atoms with E-state index in [4.69, 9.17) is 5.11 Å². The van der Waals surface area contributed by atoms with Crippen molar-refractivity contribution in [1.82, 2.24) is 4.90 Å². The molecule has 62 valence electrons. The molecule has 1 atom stereocenters. The number of aliphatic carboxylic acids is 1. The van der Waals surface area contributed by atoms with Crippen LogP contribution in [0.4, 0.5) is 4.79 Å². The lowest BCUT2D eigenvalue weighted by Crippen LogP contribution is -2.37. The molecule has 0 aliphatic carbocycles. The number of hydrogen-bond acceptors (Lipinski definition) is 2. The first kappa shape index (κ1) is 8.39. The molecular formula is C6H9NO3S. The number of rotatable bonds is 1. The third kappa shape index (κ3) is 1.65. The molecule has 1 heterocycles. The number of nitrogens with zero attached hydrogens (tertiary/aromatic N) is 1. The van der Waals surface area contributed by atoms with Crippen molar-refractivity contribution in [1.29, 1.82) is 0 Å². The average Bonchev–Trinajstić information content (AvgIpc) is 2.32. The minimum Gasteiger partial charge on any atom is -0.480 e. The third-order valence-electron chi connectivity index (χ3n) is 1.78. The maximum Gasteiger partial charge on any atom is 0.326 e. The Morgan fingerprint density at radius 3 is 2.55 bits per heavy atom. The van der Waals surface area contributed by atoms with Crippen LogP contribution in [0.5, 0.6) is 0 Å². The van der Waals surface area contributed by atoms with Crippen LogP contribution in [0.25, 0.3) is 0 Å². The van der Waals surface area contributed by atoms with Gasteiger partial charge in [0.15, 0.2) is 0 Å². The first-order valence-electron chi connectivity index (χ1n) is 3.35. The number of carbonyl (C=O) groups excluding carboxylic acids is 1. The smallest absolute Gasteiger partial charge is 0.326 e. The van der Waals surface area contributed by atoms with Gasteiger partial charge in [0, 0.05) is 6.54 Å². The number of carbonyl (C=O) groups is 2. The van der Waals surface area contributed by atoms with E-state index in [1.165, 1.54) is 4.90 Å². The molecule has 0 spiro atoms. The Labute approximate surface area is 69.6 Å². The highest BCUT2D eigenvalue weighted by Crippen LogP contribution is 2.18. The summed E-state index contributed by atoms with van der Waals surface area (Å²) >= 11 is 3.57. The number of amides is 1. The fraction of sp³-hybridized carbons (Fsp3) is 0.667. The average molecular weight is 175 g/mol. The minimum absolute atomic E-state index is 0.449. The standard InChI is InChI=1S/C6H9NO3S/c8-5(9)4-2-1-3-7(4)6(10)11/h4H,1-3H2,(H,8,9)(H,10,11)/t4-/m0/s1. The predicted molar refractivity (Wildman–Crippen MR) is 41.7 cm³/mol. The summed E-state index contributed by atoms with van der Waals surface area (Å²) in [5.41, 5.74) is 0. The Morgan fingerprint density at radius 2 is 2.18 bits per heavy atom. The maximum absolute atomic E-state index is 10.7. The Bertz CT molecular complexity index is 174. The second kappa shape index (κ2) is 3.13. The lowest BCUT2D eigenvalue weighted by Gasteiger charge is -2.17. The van der Waals surface area contributed by atoms with Gasteiger partial charge < -0.3 is 10.0 Å². The Morgan fingerprint density at radius 1 is 1.55 bits per heavy atom. The van der Waals surface area contributed by atoms with Crippen LogP contribution in [0, 0.1) is 0 Å². The first-order chi connectivity index (χ1) is 5.13. The molecule has 1 aliphatic rings. The Hall–Kier alpha value is -0.710. The van der Waals surface area contributed by atoms with Gasteiger partial charge >= 0.3 is 5.97 Å². The molecular weight excluding hydrogens is 166 g/mol. The highest BCUT2D eigenvalue weighted by molar-refractivity contribution is 7.96.